The maximum absolute atomic E-state index is 14.0. The highest BCUT2D eigenvalue weighted by atomic mass is 79.9. The highest BCUT2D eigenvalue weighted by molar-refractivity contribution is 9.10. The van der Waals surface area contributed by atoms with Crippen LogP contribution in [0.15, 0.2) is 82.2 Å². The lowest BCUT2D eigenvalue weighted by atomic mass is 10.1. The third-order valence-electron chi connectivity index (χ3n) is 5.78. The van der Waals surface area contributed by atoms with Gasteiger partial charge >= 0.3 is 0 Å². The molecule has 1 atom stereocenters. The van der Waals surface area contributed by atoms with E-state index in [4.69, 9.17) is 23.2 Å². The Morgan fingerprint density at radius 3 is 2.03 bits per heavy atom. The lowest BCUT2D eigenvalue weighted by molar-refractivity contribution is -0.140. The second-order valence-corrected chi connectivity index (χ2v) is 13.5. The Hall–Kier alpha value is -2.59. The van der Waals surface area contributed by atoms with Crippen molar-refractivity contribution in [2.45, 2.75) is 50.7 Å². The van der Waals surface area contributed by atoms with Gasteiger partial charge in [0.25, 0.3) is 10.0 Å². The number of hydrogen-bond donors (Lipinski definition) is 1. The minimum atomic E-state index is -4.14. The molecule has 0 aliphatic carbocycles. The van der Waals surface area contributed by atoms with E-state index in [1.165, 1.54) is 17.0 Å². The van der Waals surface area contributed by atoms with Gasteiger partial charge in [0.2, 0.25) is 11.8 Å². The molecule has 11 heteroatoms. The predicted molar refractivity (Wildman–Crippen MR) is 159 cm³/mol. The Kier molecular flexibility index (Phi) is 10.1. The fourth-order valence-electron chi connectivity index (χ4n) is 3.77. The Morgan fingerprint density at radius 1 is 0.923 bits per heavy atom. The molecule has 1 N–H and O–H groups in total. The number of benzene rings is 3. The summed E-state index contributed by atoms with van der Waals surface area (Å²) in [5, 5.41) is 3.53. The van der Waals surface area contributed by atoms with E-state index in [1.54, 1.807) is 67.6 Å². The number of sulfonamides is 1. The number of halogens is 3. The SMILES string of the molecule is CC(C(=O)NC(C)(C)C)N(Cc1c(Cl)cccc1Cl)C(=O)CN(c1ccc(Br)cc1)S(=O)(=O)c1ccccc1. The van der Waals surface area contributed by atoms with Crippen LogP contribution in [0.2, 0.25) is 10.0 Å². The average molecular weight is 655 g/mol. The van der Waals surface area contributed by atoms with Gasteiger partial charge in [0.15, 0.2) is 0 Å². The molecule has 0 fully saturated rings. The number of anilines is 1. The molecule has 0 heterocycles. The summed E-state index contributed by atoms with van der Waals surface area (Å²) in [6.07, 6.45) is 0. The molecule has 3 aromatic rings. The molecule has 0 saturated heterocycles. The molecule has 208 valence electrons. The summed E-state index contributed by atoms with van der Waals surface area (Å²) in [7, 11) is -4.14. The van der Waals surface area contributed by atoms with Crippen molar-refractivity contribution in [3.05, 3.63) is 92.9 Å². The normalized spacial score (nSPS) is 12.5. The second kappa shape index (κ2) is 12.7. The van der Waals surface area contributed by atoms with Gasteiger partial charge in [0, 0.05) is 32.2 Å². The zero-order valence-electron chi connectivity index (χ0n) is 22.0. The molecule has 0 spiro atoms. The Balaban J connectivity index is 2.06. The summed E-state index contributed by atoms with van der Waals surface area (Å²) in [6.45, 7) is 6.41. The van der Waals surface area contributed by atoms with Crippen molar-refractivity contribution in [2.24, 2.45) is 0 Å². The van der Waals surface area contributed by atoms with Crippen LogP contribution in [0.25, 0.3) is 0 Å². The maximum Gasteiger partial charge on any atom is 0.264 e. The van der Waals surface area contributed by atoms with E-state index in [2.05, 4.69) is 21.2 Å². The van der Waals surface area contributed by atoms with Gasteiger partial charge in [-0.15, -0.1) is 0 Å². The van der Waals surface area contributed by atoms with Crippen molar-refractivity contribution >= 4 is 66.7 Å². The third kappa shape index (κ3) is 7.97. The first-order chi connectivity index (χ1) is 18.2. The number of carbonyl (C=O) groups excluding carboxylic acids is 2. The van der Waals surface area contributed by atoms with Crippen molar-refractivity contribution in [3.63, 3.8) is 0 Å². The van der Waals surface area contributed by atoms with E-state index < -0.39 is 40.0 Å². The van der Waals surface area contributed by atoms with Gasteiger partial charge in [-0.25, -0.2) is 8.42 Å². The average Bonchev–Trinajstić information content (AvgIpc) is 2.86. The highest BCUT2D eigenvalue weighted by Crippen LogP contribution is 2.29. The molecule has 3 rings (SSSR count). The van der Waals surface area contributed by atoms with E-state index in [-0.39, 0.29) is 17.1 Å². The first kappa shape index (κ1) is 30.9. The van der Waals surface area contributed by atoms with Crippen molar-refractivity contribution in [1.29, 1.82) is 0 Å². The molecule has 0 bridgehead atoms. The molecule has 0 aliphatic heterocycles. The molecule has 1 unspecified atom stereocenters. The lowest BCUT2D eigenvalue weighted by Crippen LogP contribution is -2.54. The number of hydrogen-bond acceptors (Lipinski definition) is 4. The molecular weight excluding hydrogens is 625 g/mol. The molecule has 7 nitrogen and oxygen atoms in total. The molecule has 0 saturated carbocycles. The van der Waals surface area contributed by atoms with Crippen LogP contribution >= 0.6 is 39.1 Å². The molecule has 39 heavy (non-hydrogen) atoms. The maximum atomic E-state index is 14.0. The van der Waals surface area contributed by atoms with Crippen LogP contribution in [-0.2, 0) is 26.2 Å². The molecular formula is C28H30BrCl2N3O4S. The Morgan fingerprint density at radius 2 is 1.49 bits per heavy atom. The van der Waals surface area contributed by atoms with Gasteiger partial charge in [-0.2, -0.15) is 0 Å². The molecule has 0 aromatic heterocycles. The zero-order chi connectivity index (χ0) is 29.0. The molecule has 0 radical (unpaired) electrons. The van der Waals surface area contributed by atoms with Gasteiger partial charge in [-0.05, 0) is 76.2 Å². The van der Waals surface area contributed by atoms with Crippen LogP contribution in [0.3, 0.4) is 0 Å². The van der Waals surface area contributed by atoms with Gasteiger partial charge in [0.05, 0.1) is 10.6 Å². The summed E-state index contributed by atoms with van der Waals surface area (Å²) in [6, 6.07) is 18.4. The van der Waals surface area contributed by atoms with Crippen LogP contribution in [-0.4, -0.2) is 43.3 Å². The standard InChI is InChI=1S/C28H30BrCl2N3O4S/c1-19(27(36)32-28(2,3)4)33(17-23-24(30)11-8-12-25(23)31)26(35)18-34(21-15-13-20(29)14-16-21)39(37,38)22-9-6-5-7-10-22/h5-16,19H,17-18H2,1-4H3,(H,32,36). The Labute approximate surface area is 248 Å². The Bertz CT molecular complexity index is 1410. The largest absolute Gasteiger partial charge is 0.350 e. The second-order valence-electron chi connectivity index (χ2n) is 9.94. The van der Waals surface area contributed by atoms with E-state index in [0.717, 1.165) is 8.78 Å². The predicted octanol–water partition coefficient (Wildman–Crippen LogP) is 6.28. The van der Waals surface area contributed by atoms with E-state index in [9.17, 15) is 18.0 Å². The summed E-state index contributed by atoms with van der Waals surface area (Å²) < 4.78 is 29.3. The lowest BCUT2D eigenvalue weighted by Gasteiger charge is -2.33. The number of nitrogens with zero attached hydrogens (tertiary/aromatic N) is 2. The smallest absolute Gasteiger partial charge is 0.264 e. The van der Waals surface area contributed by atoms with Gasteiger partial charge in [-0.1, -0.05) is 63.4 Å². The number of carbonyl (C=O) groups is 2. The van der Waals surface area contributed by atoms with Gasteiger partial charge in [0.1, 0.15) is 12.6 Å². The third-order valence-corrected chi connectivity index (χ3v) is 8.81. The van der Waals surface area contributed by atoms with Crippen LogP contribution < -0.4 is 9.62 Å². The highest BCUT2D eigenvalue weighted by Gasteiger charge is 2.33. The fraction of sp³-hybridized carbons (Fsp3) is 0.286. The number of amides is 2. The molecule has 0 aliphatic rings. The minimum Gasteiger partial charge on any atom is -0.350 e. The first-order valence-electron chi connectivity index (χ1n) is 12.1. The summed E-state index contributed by atoms with van der Waals surface area (Å²) in [5.74, 6) is -1.01. The quantitative estimate of drug-likeness (QED) is 0.294. The summed E-state index contributed by atoms with van der Waals surface area (Å²) in [5.41, 5.74) is 0.186. The first-order valence-corrected chi connectivity index (χ1v) is 15.1. The van der Waals surface area contributed by atoms with Gasteiger partial charge in [-0.3, -0.25) is 13.9 Å². The number of nitrogens with one attached hydrogen (secondary N) is 1. The van der Waals surface area contributed by atoms with Crippen molar-refractivity contribution in [3.8, 4) is 0 Å². The van der Waals surface area contributed by atoms with Crippen molar-refractivity contribution < 1.29 is 18.0 Å². The van der Waals surface area contributed by atoms with E-state index >= 15 is 0 Å². The van der Waals surface area contributed by atoms with Crippen molar-refractivity contribution in [2.75, 3.05) is 10.8 Å². The molecule has 2 amide bonds. The van der Waals surface area contributed by atoms with Crippen molar-refractivity contribution in [1.82, 2.24) is 10.2 Å². The number of rotatable bonds is 9. The van der Waals surface area contributed by atoms with Crippen LogP contribution in [0, 0.1) is 0 Å². The topological polar surface area (TPSA) is 86.8 Å². The minimum absolute atomic E-state index is 0.0277. The van der Waals surface area contributed by atoms with E-state index in [0.29, 0.717) is 15.6 Å². The fourth-order valence-corrected chi connectivity index (χ4v) is 5.98. The summed E-state index contributed by atoms with van der Waals surface area (Å²) >= 11 is 16.2. The van der Waals surface area contributed by atoms with E-state index in [1.807, 2.05) is 20.8 Å². The van der Waals surface area contributed by atoms with Gasteiger partial charge < -0.3 is 10.2 Å². The summed E-state index contributed by atoms with van der Waals surface area (Å²) in [4.78, 5) is 28.4. The van der Waals surface area contributed by atoms with Crippen LogP contribution in [0.4, 0.5) is 5.69 Å². The van der Waals surface area contributed by atoms with Crippen LogP contribution in [0.5, 0.6) is 0 Å². The zero-order valence-corrected chi connectivity index (χ0v) is 25.9. The monoisotopic (exact) mass is 653 g/mol. The molecule has 3 aromatic carbocycles. The van der Waals surface area contributed by atoms with Crippen LogP contribution in [0.1, 0.15) is 33.3 Å².